The summed E-state index contributed by atoms with van der Waals surface area (Å²) in [4.78, 5) is 27.6. The average molecular weight is 294 g/mol. The molecule has 0 saturated carbocycles. The zero-order valence-corrected chi connectivity index (χ0v) is 12.2. The van der Waals surface area contributed by atoms with Gasteiger partial charge >= 0.3 is 5.63 Å². The van der Waals surface area contributed by atoms with Gasteiger partial charge in [-0.05, 0) is 42.8 Å². The van der Waals surface area contributed by atoms with E-state index in [-0.39, 0.29) is 11.8 Å². The summed E-state index contributed by atoms with van der Waals surface area (Å²) in [7, 11) is 0. The number of benzene rings is 2. The van der Waals surface area contributed by atoms with Gasteiger partial charge in [-0.1, -0.05) is 12.1 Å². The third-order valence-corrected chi connectivity index (χ3v) is 3.18. The van der Waals surface area contributed by atoms with Gasteiger partial charge in [0.2, 0.25) is 11.8 Å². The highest BCUT2D eigenvalue weighted by molar-refractivity contribution is 5.89. The number of carbonyl (C=O) groups is 1. The van der Waals surface area contributed by atoms with Crippen LogP contribution in [0.3, 0.4) is 0 Å². The van der Waals surface area contributed by atoms with Crippen LogP contribution in [0.4, 0.5) is 5.69 Å². The van der Waals surface area contributed by atoms with E-state index >= 15 is 0 Å². The lowest BCUT2D eigenvalue weighted by Gasteiger charge is -2.07. The van der Waals surface area contributed by atoms with Crippen molar-refractivity contribution in [1.29, 1.82) is 0 Å². The number of carbonyl (C=O) groups excluding carboxylic acids is 1. The Kier molecular flexibility index (Phi) is 3.47. The summed E-state index contributed by atoms with van der Waals surface area (Å²) in [6.07, 6.45) is 0. The van der Waals surface area contributed by atoms with Crippen molar-refractivity contribution in [2.75, 3.05) is 5.32 Å². The van der Waals surface area contributed by atoms with E-state index in [4.69, 9.17) is 4.42 Å². The number of amides is 1. The summed E-state index contributed by atoms with van der Waals surface area (Å²) in [5, 5.41) is 3.17. The summed E-state index contributed by atoms with van der Waals surface area (Å²) in [5.41, 5.74) is 2.37. The number of hydrogen-bond donors (Lipinski definition) is 1. The van der Waals surface area contributed by atoms with Crippen molar-refractivity contribution >= 4 is 22.5 Å². The Hall–Kier alpha value is -2.95. The molecule has 110 valence electrons. The third-order valence-electron chi connectivity index (χ3n) is 3.18. The Labute approximate surface area is 126 Å². The van der Waals surface area contributed by atoms with Crippen LogP contribution in [0, 0.1) is 6.92 Å². The van der Waals surface area contributed by atoms with Crippen molar-refractivity contribution in [3.63, 3.8) is 0 Å². The van der Waals surface area contributed by atoms with Crippen LogP contribution < -0.4 is 10.9 Å². The quantitative estimate of drug-likeness (QED) is 0.788. The molecule has 1 heterocycles. The van der Waals surface area contributed by atoms with Gasteiger partial charge in [0.25, 0.3) is 0 Å². The Balaban J connectivity index is 2.16. The second-order valence-electron chi connectivity index (χ2n) is 5.09. The van der Waals surface area contributed by atoms with Gasteiger partial charge in [-0.25, -0.2) is 9.78 Å². The molecule has 0 fully saturated rings. The molecule has 0 aliphatic rings. The van der Waals surface area contributed by atoms with E-state index in [1.54, 1.807) is 24.3 Å². The second kappa shape index (κ2) is 5.44. The predicted molar refractivity (Wildman–Crippen MR) is 84.8 cm³/mol. The lowest BCUT2D eigenvalue weighted by Crippen LogP contribution is -2.06. The Bertz CT molecular complexity index is 929. The van der Waals surface area contributed by atoms with Crippen LogP contribution in [0.15, 0.2) is 51.7 Å². The number of nitrogens with zero attached hydrogens (tertiary/aromatic N) is 1. The summed E-state index contributed by atoms with van der Waals surface area (Å²) in [6.45, 7) is 3.34. The van der Waals surface area contributed by atoms with Crippen molar-refractivity contribution < 1.29 is 9.21 Å². The van der Waals surface area contributed by atoms with Crippen LogP contribution in [-0.4, -0.2) is 10.9 Å². The van der Waals surface area contributed by atoms with Crippen molar-refractivity contribution in [2.45, 2.75) is 13.8 Å². The number of para-hydroxylation sites is 1. The highest BCUT2D eigenvalue weighted by Crippen LogP contribution is 2.24. The van der Waals surface area contributed by atoms with E-state index < -0.39 is 5.63 Å². The highest BCUT2D eigenvalue weighted by Gasteiger charge is 2.10. The minimum Gasteiger partial charge on any atom is -0.403 e. The molecule has 0 atom stereocenters. The third kappa shape index (κ3) is 2.74. The van der Waals surface area contributed by atoms with Crippen LogP contribution in [0.2, 0.25) is 0 Å². The molecule has 0 saturated heterocycles. The number of nitrogens with one attached hydrogen (secondary N) is 1. The number of rotatable bonds is 2. The molecule has 0 unspecified atom stereocenters. The summed E-state index contributed by atoms with van der Waals surface area (Å²) < 4.78 is 5.31. The van der Waals surface area contributed by atoms with Gasteiger partial charge in [0, 0.05) is 18.2 Å². The van der Waals surface area contributed by atoms with Gasteiger partial charge in [-0.15, -0.1) is 0 Å². The van der Waals surface area contributed by atoms with Crippen LogP contribution in [0.25, 0.3) is 22.4 Å². The summed E-state index contributed by atoms with van der Waals surface area (Å²) in [6, 6.07) is 12.4. The molecule has 3 rings (SSSR count). The van der Waals surface area contributed by atoms with Gasteiger partial charge in [0.15, 0.2) is 0 Å². The Morgan fingerprint density at radius 3 is 2.73 bits per heavy atom. The van der Waals surface area contributed by atoms with E-state index in [0.29, 0.717) is 22.2 Å². The maximum absolute atomic E-state index is 12.0. The maximum Gasteiger partial charge on any atom is 0.347 e. The molecular formula is C17H14N2O3. The van der Waals surface area contributed by atoms with Crippen molar-refractivity contribution in [2.24, 2.45) is 0 Å². The van der Waals surface area contributed by atoms with Crippen LogP contribution in [0.5, 0.6) is 0 Å². The Morgan fingerprint density at radius 1 is 1.18 bits per heavy atom. The molecule has 0 aliphatic heterocycles. The second-order valence-corrected chi connectivity index (χ2v) is 5.09. The first kappa shape index (κ1) is 14.0. The number of hydrogen-bond acceptors (Lipinski definition) is 4. The minimum absolute atomic E-state index is 0.163. The fourth-order valence-corrected chi connectivity index (χ4v) is 2.32. The molecule has 1 amide bonds. The van der Waals surface area contributed by atoms with Crippen LogP contribution in [0.1, 0.15) is 12.5 Å². The largest absolute Gasteiger partial charge is 0.403 e. The molecule has 0 radical (unpaired) electrons. The van der Waals surface area contributed by atoms with E-state index in [2.05, 4.69) is 10.3 Å². The number of anilines is 1. The topological polar surface area (TPSA) is 72.2 Å². The van der Waals surface area contributed by atoms with E-state index in [9.17, 15) is 9.59 Å². The van der Waals surface area contributed by atoms with Crippen LogP contribution in [-0.2, 0) is 4.79 Å². The van der Waals surface area contributed by atoms with E-state index in [1.165, 1.54) is 6.92 Å². The predicted octanol–water partition coefficient (Wildman–Crippen LogP) is 3.12. The smallest absolute Gasteiger partial charge is 0.347 e. The van der Waals surface area contributed by atoms with E-state index in [1.807, 2.05) is 25.1 Å². The molecule has 1 N–H and O–H groups in total. The fourth-order valence-electron chi connectivity index (χ4n) is 2.32. The molecule has 0 bridgehead atoms. The molecule has 5 nitrogen and oxygen atoms in total. The van der Waals surface area contributed by atoms with E-state index in [0.717, 1.165) is 5.56 Å². The number of aromatic nitrogens is 1. The lowest BCUT2D eigenvalue weighted by atomic mass is 10.1. The standard InChI is InChI=1S/C17H14N2O3/c1-10-7-12(9-13(8-10)18-11(2)20)16-19-15-6-4-3-5-14(15)17(21)22-16/h3-9H,1-2H3,(H,18,20). The van der Waals surface area contributed by atoms with Crippen LogP contribution >= 0.6 is 0 Å². The first-order valence-electron chi connectivity index (χ1n) is 6.82. The minimum atomic E-state index is -0.428. The van der Waals surface area contributed by atoms with Gasteiger partial charge < -0.3 is 9.73 Å². The van der Waals surface area contributed by atoms with Crippen molar-refractivity contribution in [3.8, 4) is 11.5 Å². The molecular weight excluding hydrogens is 280 g/mol. The fraction of sp³-hybridized carbons (Fsp3) is 0.118. The molecule has 3 aromatic rings. The molecule has 5 heteroatoms. The van der Waals surface area contributed by atoms with Crippen molar-refractivity contribution in [1.82, 2.24) is 4.98 Å². The molecule has 1 aromatic heterocycles. The van der Waals surface area contributed by atoms with Gasteiger partial charge in [-0.3, -0.25) is 4.79 Å². The molecule has 0 aliphatic carbocycles. The van der Waals surface area contributed by atoms with Gasteiger partial charge in [0.1, 0.15) is 0 Å². The monoisotopic (exact) mass is 294 g/mol. The summed E-state index contributed by atoms with van der Waals surface area (Å²) >= 11 is 0. The number of aryl methyl sites for hydroxylation is 1. The molecule has 0 spiro atoms. The average Bonchev–Trinajstić information content (AvgIpc) is 2.46. The zero-order valence-electron chi connectivity index (χ0n) is 12.2. The SMILES string of the molecule is CC(=O)Nc1cc(C)cc(-c2nc3ccccc3c(=O)o2)c1. The molecule has 22 heavy (non-hydrogen) atoms. The van der Waals surface area contributed by atoms with Crippen molar-refractivity contribution in [3.05, 3.63) is 58.4 Å². The van der Waals surface area contributed by atoms with Gasteiger partial charge in [-0.2, -0.15) is 0 Å². The number of fused-ring (bicyclic) bond motifs is 1. The maximum atomic E-state index is 12.0. The Morgan fingerprint density at radius 2 is 1.95 bits per heavy atom. The first-order chi connectivity index (χ1) is 10.5. The normalized spacial score (nSPS) is 10.6. The summed E-state index contributed by atoms with van der Waals surface area (Å²) in [5.74, 6) is 0.0727. The zero-order chi connectivity index (χ0) is 15.7. The lowest BCUT2D eigenvalue weighted by molar-refractivity contribution is -0.114. The molecule has 2 aromatic carbocycles. The first-order valence-corrected chi connectivity index (χ1v) is 6.82. The van der Waals surface area contributed by atoms with Gasteiger partial charge in [0.05, 0.1) is 10.9 Å². The highest BCUT2D eigenvalue weighted by atomic mass is 16.4.